The molecule has 2 aliphatic heterocycles. The highest BCUT2D eigenvalue weighted by Gasteiger charge is 2.21. The number of nitrogens with one attached hydrogen (secondary N) is 1. The molecule has 2 aromatic heterocycles. The van der Waals surface area contributed by atoms with E-state index in [-0.39, 0.29) is 6.10 Å². The van der Waals surface area contributed by atoms with Gasteiger partial charge in [0.15, 0.2) is 5.96 Å². The first kappa shape index (κ1) is 20.4. The van der Waals surface area contributed by atoms with E-state index in [4.69, 9.17) is 4.74 Å². The van der Waals surface area contributed by atoms with Gasteiger partial charge < -0.3 is 24.8 Å². The highest BCUT2D eigenvalue weighted by molar-refractivity contribution is 5.80. The van der Waals surface area contributed by atoms with Crippen LogP contribution in [0.15, 0.2) is 47.7 Å². The third-order valence-corrected chi connectivity index (χ3v) is 5.59. The topological polar surface area (TPSA) is 69.1 Å². The normalized spacial score (nSPS) is 20.4. The maximum absolute atomic E-state index is 5.65. The molecule has 2 aliphatic rings. The lowest BCUT2D eigenvalue weighted by Crippen LogP contribution is -2.52. The summed E-state index contributed by atoms with van der Waals surface area (Å²) in [6.07, 6.45) is 3.98. The predicted octanol–water partition coefficient (Wildman–Crippen LogP) is 1.60. The fourth-order valence-corrected chi connectivity index (χ4v) is 3.97. The van der Waals surface area contributed by atoms with E-state index in [9.17, 15) is 0 Å². The Bertz CT molecular complexity index is 836. The highest BCUT2D eigenvalue weighted by Crippen LogP contribution is 2.17. The molecule has 8 nitrogen and oxygen atoms in total. The maximum atomic E-state index is 5.65. The Morgan fingerprint density at radius 2 is 1.90 bits per heavy atom. The molecule has 0 radical (unpaired) electrons. The fraction of sp³-hybridized carbons (Fsp3) is 0.500. The first-order valence-corrected chi connectivity index (χ1v) is 10.7. The number of hydrogen-bond donors (Lipinski definition) is 1. The molecule has 4 rings (SSSR count). The number of guanidine groups is 1. The van der Waals surface area contributed by atoms with Crippen LogP contribution in [0.5, 0.6) is 0 Å². The van der Waals surface area contributed by atoms with Crippen molar-refractivity contribution in [3.05, 3.63) is 48.3 Å². The first-order valence-electron chi connectivity index (χ1n) is 10.7. The molecule has 0 bridgehead atoms. The van der Waals surface area contributed by atoms with Gasteiger partial charge in [-0.05, 0) is 36.8 Å². The molecular weight excluding hydrogens is 378 g/mol. The van der Waals surface area contributed by atoms with Crippen molar-refractivity contribution in [1.82, 2.24) is 20.2 Å². The Morgan fingerprint density at radius 3 is 2.63 bits per heavy atom. The summed E-state index contributed by atoms with van der Waals surface area (Å²) in [6, 6.07) is 10.3. The van der Waals surface area contributed by atoms with E-state index in [0.29, 0.717) is 0 Å². The van der Waals surface area contributed by atoms with Gasteiger partial charge in [-0.25, -0.2) is 9.97 Å². The monoisotopic (exact) mass is 409 g/mol. The highest BCUT2D eigenvalue weighted by atomic mass is 16.5. The summed E-state index contributed by atoms with van der Waals surface area (Å²) in [5.74, 6) is 3.00. The largest absolute Gasteiger partial charge is 0.375 e. The van der Waals surface area contributed by atoms with Gasteiger partial charge in [-0.2, -0.15) is 0 Å². The summed E-state index contributed by atoms with van der Waals surface area (Å²) in [7, 11) is 1.85. The number of pyridine rings is 2. The summed E-state index contributed by atoms with van der Waals surface area (Å²) in [6.45, 7) is 9.06. The zero-order valence-electron chi connectivity index (χ0n) is 17.9. The van der Waals surface area contributed by atoms with Crippen LogP contribution in [0.4, 0.5) is 11.6 Å². The SMILES string of the molecule is CN=C(NCc1ccnc(N2CCOC(C)C2)c1)N1CCN(c2ccccn2)CC1. The standard InChI is InChI=1S/C22H31N7O/c1-18-17-29(13-14-30-18)21-15-19(6-8-25-21)16-26-22(23-2)28-11-9-27(10-12-28)20-5-3-4-7-24-20/h3-8,15,18H,9-14,16-17H2,1-2H3,(H,23,26). The van der Waals surface area contributed by atoms with Crippen LogP contribution in [0.3, 0.4) is 0 Å². The van der Waals surface area contributed by atoms with Crippen LogP contribution in [0, 0.1) is 0 Å². The Kier molecular flexibility index (Phi) is 6.63. The Balaban J connectivity index is 1.31. The number of aliphatic imine (C=N–C) groups is 1. The molecule has 30 heavy (non-hydrogen) atoms. The maximum Gasteiger partial charge on any atom is 0.194 e. The van der Waals surface area contributed by atoms with E-state index in [1.165, 1.54) is 5.56 Å². The zero-order valence-corrected chi connectivity index (χ0v) is 17.9. The third kappa shape index (κ3) is 4.99. The van der Waals surface area contributed by atoms with Gasteiger partial charge in [-0.3, -0.25) is 4.99 Å². The second kappa shape index (κ2) is 9.75. The minimum atomic E-state index is 0.242. The van der Waals surface area contributed by atoms with Gasteiger partial charge in [0.05, 0.1) is 12.7 Å². The molecule has 1 atom stereocenters. The van der Waals surface area contributed by atoms with Crippen LogP contribution >= 0.6 is 0 Å². The third-order valence-electron chi connectivity index (χ3n) is 5.59. The Hall–Kier alpha value is -2.87. The average Bonchev–Trinajstić information content (AvgIpc) is 2.81. The quantitative estimate of drug-likeness (QED) is 0.608. The number of aromatic nitrogens is 2. The van der Waals surface area contributed by atoms with Gasteiger partial charge in [0.2, 0.25) is 0 Å². The lowest BCUT2D eigenvalue weighted by molar-refractivity contribution is 0.0529. The van der Waals surface area contributed by atoms with E-state index in [2.05, 4.69) is 60.1 Å². The van der Waals surface area contributed by atoms with Crippen molar-refractivity contribution >= 4 is 17.6 Å². The van der Waals surface area contributed by atoms with Crippen LogP contribution < -0.4 is 15.1 Å². The van der Waals surface area contributed by atoms with Crippen molar-refractivity contribution < 1.29 is 4.74 Å². The number of anilines is 2. The molecule has 8 heteroatoms. The number of ether oxygens (including phenoxy) is 1. The first-order chi connectivity index (χ1) is 14.7. The number of nitrogens with zero attached hydrogens (tertiary/aromatic N) is 6. The fourth-order valence-electron chi connectivity index (χ4n) is 3.97. The summed E-state index contributed by atoms with van der Waals surface area (Å²) < 4.78 is 5.65. The summed E-state index contributed by atoms with van der Waals surface area (Å²) in [5, 5.41) is 3.52. The Labute approximate surface area is 178 Å². The van der Waals surface area contributed by atoms with Crippen molar-refractivity contribution in [1.29, 1.82) is 0 Å². The molecule has 160 valence electrons. The van der Waals surface area contributed by atoms with E-state index in [0.717, 1.165) is 70.0 Å². The van der Waals surface area contributed by atoms with E-state index in [1.807, 2.05) is 31.6 Å². The van der Waals surface area contributed by atoms with E-state index in [1.54, 1.807) is 0 Å². The summed E-state index contributed by atoms with van der Waals surface area (Å²) in [4.78, 5) is 20.5. The van der Waals surface area contributed by atoms with Crippen LogP contribution in [0.25, 0.3) is 0 Å². The van der Waals surface area contributed by atoms with Gasteiger partial charge in [0.25, 0.3) is 0 Å². The number of morpholine rings is 1. The molecule has 4 heterocycles. The second-order valence-corrected chi connectivity index (χ2v) is 7.71. The van der Waals surface area contributed by atoms with Crippen LogP contribution in [0.1, 0.15) is 12.5 Å². The van der Waals surface area contributed by atoms with Gasteiger partial charge >= 0.3 is 0 Å². The predicted molar refractivity (Wildman–Crippen MR) is 120 cm³/mol. The lowest BCUT2D eigenvalue weighted by atomic mass is 10.2. The molecule has 0 saturated carbocycles. The van der Waals surface area contributed by atoms with Crippen LogP contribution in [-0.2, 0) is 11.3 Å². The minimum Gasteiger partial charge on any atom is -0.375 e. The van der Waals surface area contributed by atoms with Crippen molar-refractivity contribution in [2.24, 2.45) is 4.99 Å². The van der Waals surface area contributed by atoms with Crippen molar-refractivity contribution in [2.45, 2.75) is 19.6 Å². The molecule has 1 unspecified atom stereocenters. The smallest absolute Gasteiger partial charge is 0.194 e. The van der Waals surface area contributed by atoms with Crippen LogP contribution in [0.2, 0.25) is 0 Å². The molecule has 2 saturated heterocycles. The summed E-state index contributed by atoms with van der Waals surface area (Å²) >= 11 is 0. The molecule has 0 aromatic carbocycles. The molecule has 2 fully saturated rings. The van der Waals surface area contributed by atoms with Gasteiger partial charge in [-0.1, -0.05) is 6.07 Å². The molecular formula is C22H31N7O. The van der Waals surface area contributed by atoms with E-state index < -0.39 is 0 Å². The summed E-state index contributed by atoms with van der Waals surface area (Å²) in [5.41, 5.74) is 1.20. The molecule has 1 N–H and O–H groups in total. The minimum absolute atomic E-state index is 0.242. The molecule has 0 spiro atoms. The average molecular weight is 410 g/mol. The number of rotatable bonds is 4. The molecule has 0 aliphatic carbocycles. The zero-order chi connectivity index (χ0) is 20.8. The number of piperazine rings is 1. The van der Waals surface area contributed by atoms with Crippen LogP contribution in [-0.4, -0.2) is 79.9 Å². The lowest BCUT2D eigenvalue weighted by Gasteiger charge is -2.37. The van der Waals surface area contributed by atoms with E-state index >= 15 is 0 Å². The van der Waals surface area contributed by atoms with Gasteiger partial charge in [0.1, 0.15) is 11.6 Å². The van der Waals surface area contributed by atoms with Gasteiger partial charge in [0, 0.05) is 65.3 Å². The number of hydrogen-bond acceptors (Lipinski definition) is 6. The van der Waals surface area contributed by atoms with Gasteiger partial charge in [-0.15, -0.1) is 0 Å². The Morgan fingerprint density at radius 1 is 1.07 bits per heavy atom. The molecule has 2 aromatic rings. The molecule has 0 amide bonds. The van der Waals surface area contributed by atoms with Crippen molar-refractivity contribution in [3.63, 3.8) is 0 Å². The second-order valence-electron chi connectivity index (χ2n) is 7.71. The van der Waals surface area contributed by atoms with Crippen molar-refractivity contribution in [2.75, 3.05) is 62.7 Å². The van der Waals surface area contributed by atoms with Crippen molar-refractivity contribution in [3.8, 4) is 0 Å².